The molecule has 2 aromatic carbocycles. The number of hydrogen-bond donors (Lipinski definition) is 0. The Morgan fingerprint density at radius 2 is 1.94 bits per heavy atom. The summed E-state index contributed by atoms with van der Waals surface area (Å²) in [6.07, 6.45) is 4.23. The Morgan fingerprint density at radius 3 is 2.77 bits per heavy atom. The average molecular weight is 431 g/mol. The first-order valence-corrected chi connectivity index (χ1v) is 11.5. The molecule has 31 heavy (non-hydrogen) atoms. The number of carbonyl (C=O) groups is 1. The van der Waals surface area contributed by atoms with Crippen LogP contribution in [0.15, 0.2) is 64.6 Å². The van der Waals surface area contributed by atoms with Gasteiger partial charge < -0.3 is 19.0 Å². The zero-order chi connectivity index (χ0) is 20.9. The minimum Gasteiger partial charge on any atom is -0.464 e. The van der Waals surface area contributed by atoms with E-state index in [2.05, 4.69) is 17.0 Å². The van der Waals surface area contributed by atoms with Crippen molar-refractivity contribution in [1.29, 1.82) is 0 Å². The summed E-state index contributed by atoms with van der Waals surface area (Å²) in [6, 6.07) is 16.5. The third-order valence-corrected chi connectivity index (χ3v) is 6.95. The molecule has 6 heteroatoms. The molecule has 0 spiro atoms. The van der Waals surface area contributed by atoms with Crippen molar-refractivity contribution in [3.05, 3.63) is 70.6 Å². The van der Waals surface area contributed by atoms with Gasteiger partial charge in [-0.3, -0.25) is 4.79 Å². The number of benzene rings is 2. The Labute approximate surface area is 184 Å². The Morgan fingerprint density at radius 1 is 1.10 bits per heavy atom. The van der Waals surface area contributed by atoms with Gasteiger partial charge in [-0.05, 0) is 67.1 Å². The molecule has 0 atom stereocenters. The molecule has 1 amide bonds. The van der Waals surface area contributed by atoms with Crippen LogP contribution in [0.1, 0.15) is 28.1 Å². The normalized spacial score (nSPS) is 15.9. The number of para-hydroxylation sites is 2. The van der Waals surface area contributed by atoms with E-state index in [1.165, 1.54) is 24.2 Å². The fourth-order valence-electron chi connectivity index (χ4n) is 4.34. The Kier molecular flexibility index (Phi) is 4.28. The van der Waals surface area contributed by atoms with E-state index in [1.54, 1.807) is 6.26 Å². The summed E-state index contributed by atoms with van der Waals surface area (Å²) < 4.78 is 11.7. The lowest BCUT2D eigenvalue weighted by Gasteiger charge is -2.37. The van der Waals surface area contributed by atoms with E-state index < -0.39 is 0 Å². The second kappa shape index (κ2) is 7.17. The van der Waals surface area contributed by atoms with Crippen LogP contribution in [-0.2, 0) is 0 Å². The number of anilines is 2. The van der Waals surface area contributed by atoms with Crippen molar-refractivity contribution in [3.8, 4) is 11.5 Å². The standard InChI is InChI=1S/C25H22N2O3S/c1-16-15-29-22-9-8-18(14-19(16)22)30-23-10-13-31-24(23)25(28)27-12-11-26(17-6-7-17)20-4-2-3-5-21(20)27/h2-5,8-10,13-15,17H,6-7,11-12H2,1H3. The first kappa shape index (κ1) is 18.5. The van der Waals surface area contributed by atoms with Crippen molar-refractivity contribution < 1.29 is 13.9 Å². The van der Waals surface area contributed by atoms with Gasteiger partial charge >= 0.3 is 0 Å². The highest BCUT2D eigenvalue weighted by molar-refractivity contribution is 7.12. The fraction of sp³-hybridized carbons (Fsp3) is 0.240. The summed E-state index contributed by atoms with van der Waals surface area (Å²) in [5.74, 6) is 1.29. The van der Waals surface area contributed by atoms with Crippen LogP contribution in [-0.4, -0.2) is 25.0 Å². The Balaban J connectivity index is 1.30. The highest BCUT2D eigenvalue weighted by Gasteiger charge is 2.36. The van der Waals surface area contributed by atoms with E-state index in [4.69, 9.17) is 9.15 Å². The lowest BCUT2D eigenvalue weighted by Crippen LogP contribution is -2.44. The zero-order valence-corrected chi connectivity index (χ0v) is 18.0. The van der Waals surface area contributed by atoms with Crippen molar-refractivity contribution >= 4 is 39.6 Å². The van der Waals surface area contributed by atoms with Crippen molar-refractivity contribution in [2.24, 2.45) is 0 Å². The summed E-state index contributed by atoms with van der Waals surface area (Å²) >= 11 is 1.42. The lowest BCUT2D eigenvalue weighted by atomic mass is 10.1. The number of carbonyl (C=O) groups excluding carboxylic acids is 1. The first-order valence-electron chi connectivity index (χ1n) is 10.6. The summed E-state index contributed by atoms with van der Waals surface area (Å²) in [7, 11) is 0. The maximum absolute atomic E-state index is 13.6. The molecule has 4 aromatic rings. The lowest BCUT2D eigenvalue weighted by molar-refractivity contribution is 0.0988. The first-order chi connectivity index (χ1) is 15.2. The van der Waals surface area contributed by atoms with Gasteiger partial charge in [-0.25, -0.2) is 0 Å². The van der Waals surface area contributed by atoms with Crippen LogP contribution >= 0.6 is 11.3 Å². The average Bonchev–Trinajstić information content (AvgIpc) is 3.44. The third-order valence-electron chi connectivity index (χ3n) is 6.07. The maximum atomic E-state index is 13.6. The SMILES string of the molecule is Cc1coc2ccc(Oc3ccsc3C(=O)N3CCN(C4CC4)c4ccccc43)cc12. The predicted molar refractivity (Wildman–Crippen MR) is 124 cm³/mol. The van der Waals surface area contributed by atoms with Crippen LogP contribution in [0, 0.1) is 6.92 Å². The van der Waals surface area contributed by atoms with Gasteiger partial charge in [-0.2, -0.15) is 0 Å². The Bertz CT molecular complexity index is 1290. The summed E-state index contributed by atoms with van der Waals surface area (Å²) in [6.45, 7) is 3.56. The largest absolute Gasteiger partial charge is 0.464 e. The molecular formula is C25H22N2O3S. The number of ether oxygens (including phenoxy) is 1. The summed E-state index contributed by atoms with van der Waals surface area (Å²) in [5, 5.41) is 2.93. The minimum atomic E-state index is -0.00605. The molecule has 1 fully saturated rings. The number of hydrogen-bond acceptors (Lipinski definition) is 5. The topological polar surface area (TPSA) is 45.9 Å². The number of aryl methyl sites for hydroxylation is 1. The predicted octanol–water partition coefficient (Wildman–Crippen LogP) is 6.22. The monoisotopic (exact) mass is 430 g/mol. The van der Waals surface area contributed by atoms with Crippen LogP contribution < -0.4 is 14.5 Å². The highest BCUT2D eigenvalue weighted by atomic mass is 32.1. The summed E-state index contributed by atoms with van der Waals surface area (Å²) in [4.78, 5) is 18.5. The van der Waals surface area contributed by atoms with E-state index in [0.29, 0.717) is 29.0 Å². The number of amides is 1. The van der Waals surface area contributed by atoms with Crippen molar-refractivity contribution in [2.75, 3.05) is 22.9 Å². The van der Waals surface area contributed by atoms with E-state index >= 15 is 0 Å². The molecule has 156 valence electrons. The van der Waals surface area contributed by atoms with Crippen molar-refractivity contribution in [3.63, 3.8) is 0 Å². The van der Waals surface area contributed by atoms with Crippen LogP contribution in [0.25, 0.3) is 11.0 Å². The highest BCUT2D eigenvalue weighted by Crippen LogP contribution is 2.41. The molecule has 1 saturated carbocycles. The molecular weight excluding hydrogens is 408 g/mol. The third kappa shape index (κ3) is 3.18. The van der Waals surface area contributed by atoms with Crippen molar-refractivity contribution in [1.82, 2.24) is 0 Å². The number of nitrogens with zero attached hydrogens (tertiary/aromatic N) is 2. The van der Waals surface area contributed by atoms with Gasteiger partial charge in [0.25, 0.3) is 5.91 Å². The van der Waals surface area contributed by atoms with Gasteiger partial charge in [0.05, 0.1) is 17.6 Å². The molecule has 3 heterocycles. The molecule has 6 rings (SSSR count). The summed E-state index contributed by atoms with van der Waals surface area (Å²) in [5.41, 5.74) is 4.04. The van der Waals surface area contributed by atoms with Crippen LogP contribution in [0.5, 0.6) is 11.5 Å². The van der Waals surface area contributed by atoms with Crippen LogP contribution in [0.2, 0.25) is 0 Å². The molecule has 2 aliphatic rings. The number of furan rings is 1. The van der Waals surface area contributed by atoms with Crippen LogP contribution in [0.4, 0.5) is 11.4 Å². The van der Waals surface area contributed by atoms with Gasteiger partial charge in [0, 0.05) is 24.5 Å². The van der Waals surface area contributed by atoms with Gasteiger partial charge in [0.15, 0.2) is 5.75 Å². The van der Waals surface area contributed by atoms with Crippen molar-refractivity contribution in [2.45, 2.75) is 25.8 Å². The molecule has 0 unspecified atom stereocenters. The molecule has 0 saturated heterocycles. The number of thiophene rings is 1. The van der Waals surface area contributed by atoms with Gasteiger partial charge in [0.1, 0.15) is 16.2 Å². The number of fused-ring (bicyclic) bond motifs is 2. The fourth-order valence-corrected chi connectivity index (χ4v) is 5.11. The van der Waals surface area contributed by atoms with Gasteiger partial charge in [-0.1, -0.05) is 12.1 Å². The van der Waals surface area contributed by atoms with E-state index in [1.807, 2.05) is 53.6 Å². The molecule has 2 aromatic heterocycles. The molecule has 1 aliphatic carbocycles. The zero-order valence-electron chi connectivity index (χ0n) is 17.2. The quantitative estimate of drug-likeness (QED) is 0.385. The minimum absolute atomic E-state index is 0.00605. The van der Waals surface area contributed by atoms with E-state index in [0.717, 1.165) is 34.5 Å². The van der Waals surface area contributed by atoms with E-state index in [-0.39, 0.29) is 5.91 Å². The molecule has 5 nitrogen and oxygen atoms in total. The Hall–Kier alpha value is -3.25. The van der Waals surface area contributed by atoms with E-state index in [9.17, 15) is 4.79 Å². The molecule has 1 aliphatic heterocycles. The van der Waals surface area contributed by atoms with Crippen LogP contribution in [0.3, 0.4) is 0 Å². The maximum Gasteiger partial charge on any atom is 0.272 e. The molecule has 0 bridgehead atoms. The second-order valence-electron chi connectivity index (χ2n) is 8.16. The van der Waals surface area contributed by atoms with Gasteiger partial charge in [-0.15, -0.1) is 11.3 Å². The number of rotatable bonds is 4. The van der Waals surface area contributed by atoms with Gasteiger partial charge in [0.2, 0.25) is 0 Å². The molecule has 0 N–H and O–H groups in total. The smallest absolute Gasteiger partial charge is 0.272 e. The second-order valence-corrected chi connectivity index (χ2v) is 9.08. The molecule has 0 radical (unpaired) electrons.